The van der Waals surface area contributed by atoms with E-state index < -0.39 is 0 Å². The highest BCUT2D eigenvalue weighted by atomic mass is 14.4. The summed E-state index contributed by atoms with van der Waals surface area (Å²) in [7, 11) is 0. The summed E-state index contributed by atoms with van der Waals surface area (Å²) in [5, 5.41) is 0. The van der Waals surface area contributed by atoms with Crippen LogP contribution in [0.1, 0.15) is 34.1 Å². The molecule has 0 spiro atoms. The van der Waals surface area contributed by atoms with Gasteiger partial charge in [0.15, 0.2) is 0 Å². The molecule has 0 aromatic rings. The lowest BCUT2D eigenvalue weighted by Gasteiger charge is -2.26. The van der Waals surface area contributed by atoms with Crippen LogP contribution < -0.4 is 0 Å². The summed E-state index contributed by atoms with van der Waals surface area (Å²) in [5.74, 6) is 8.71. The van der Waals surface area contributed by atoms with E-state index in [1.54, 1.807) is 0 Å². The topological polar surface area (TPSA) is 0 Å². The smallest absolute Gasteiger partial charge is 0.00994 e. The summed E-state index contributed by atoms with van der Waals surface area (Å²) < 4.78 is 0. The third kappa shape index (κ3) is 2.24. The van der Waals surface area contributed by atoms with Crippen molar-refractivity contribution in [1.29, 1.82) is 0 Å². The van der Waals surface area contributed by atoms with Crippen LogP contribution in [-0.4, -0.2) is 0 Å². The van der Waals surface area contributed by atoms with Crippen molar-refractivity contribution in [2.75, 3.05) is 0 Å². The molecule has 10 radical (unpaired) electrons. The van der Waals surface area contributed by atoms with E-state index in [0.717, 1.165) is 6.42 Å². The van der Waals surface area contributed by atoms with Crippen LogP contribution in [0.15, 0.2) is 0 Å². The lowest BCUT2D eigenvalue weighted by atomic mass is 9.77. The molecule has 2 rings (SSSR count). The third-order valence-corrected chi connectivity index (χ3v) is 3.42. The first-order valence-electron chi connectivity index (χ1n) is 5.53. The van der Waals surface area contributed by atoms with Gasteiger partial charge in [-0.05, 0) is 67.6 Å². The maximum Gasteiger partial charge on any atom is -0.00994 e. The van der Waals surface area contributed by atoms with Gasteiger partial charge in [0.25, 0.3) is 0 Å². The predicted molar refractivity (Wildman–Crippen MR) is 64.0 cm³/mol. The van der Waals surface area contributed by atoms with E-state index in [9.17, 15) is 0 Å². The standard InChI is InChI=1S/C15H18/c1-10-5-6-11(2)14(10)9-15-12(3)7-8-13(15)4/h5-8H,9H2,1-4H3. The second-order valence-electron chi connectivity index (χ2n) is 4.53. The zero-order valence-electron chi connectivity index (χ0n) is 10.0. The minimum absolute atomic E-state index is 1.09. The van der Waals surface area contributed by atoms with Gasteiger partial charge in [-0.25, -0.2) is 0 Å². The van der Waals surface area contributed by atoms with Crippen molar-refractivity contribution in [3.05, 3.63) is 61.2 Å². The average Bonchev–Trinajstić information content (AvgIpc) is 2.67. The Morgan fingerprint density at radius 2 is 0.867 bits per heavy atom. The van der Waals surface area contributed by atoms with Gasteiger partial charge in [-0.1, -0.05) is 27.7 Å². The lowest BCUT2D eigenvalue weighted by Crippen LogP contribution is -2.14. The molecule has 0 atom stereocenters. The zero-order valence-corrected chi connectivity index (χ0v) is 10.0. The second kappa shape index (κ2) is 4.47. The number of hydrogen-bond donors (Lipinski definition) is 0. The minimum atomic E-state index is 1.09. The molecular weight excluding hydrogens is 180 g/mol. The molecule has 0 aliphatic heterocycles. The van der Waals surface area contributed by atoms with Gasteiger partial charge in [-0.2, -0.15) is 0 Å². The van der Waals surface area contributed by atoms with E-state index in [-0.39, 0.29) is 0 Å². The van der Waals surface area contributed by atoms with E-state index in [2.05, 4.69) is 53.4 Å². The Labute approximate surface area is 95.8 Å². The summed E-state index contributed by atoms with van der Waals surface area (Å²) in [6.45, 7) is 8.82. The second-order valence-corrected chi connectivity index (χ2v) is 4.53. The molecule has 0 heterocycles. The van der Waals surface area contributed by atoms with Crippen LogP contribution in [0.3, 0.4) is 0 Å². The molecule has 0 amide bonds. The van der Waals surface area contributed by atoms with Gasteiger partial charge in [0.05, 0.1) is 0 Å². The molecule has 0 N–H and O–H groups in total. The Kier molecular flexibility index (Phi) is 3.42. The molecule has 0 aromatic carbocycles. The molecule has 0 saturated heterocycles. The maximum absolute atomic E-state index is 2.22. The summed E-state index contributed by atoms with van der Waals surface area (Å²) in [5.41, 5.74) is 0. The SMILES string of the molecule is C[C]1[CH][CH][C](C)[C]1C[C]1[C](C)[CH][CH][C]1C. The lowest BCUT2D eigenvalue weighted by molar-refractivity contribution is 0.798. The first-order valence-corrected chi connectivity index (χ1v) is 5.53. The van der Waals surface area contributed by atoms with Crippen LogP contribution in [0.4, 0.5) is 0 Å². The van der Waals surface area contributed by atoms with Crippen LogP contribution in [0.5, 0.6) is 0 Å². The van der Waals surface area contributed by atoms with Crippen molar-refractivity contribution in [3.63, 3.8) is 0 Å². The Hall–Kier alpha value is 0. The quantitative estimate of drug-likeness (QED) is 0.634. The van der Waals surface area contributed by atoms with Crippen molar-refractivity contribution in [2.45, 2.75) is 34.1 Å². The largest absolute Gasteiger partial charge is 0.0582 e. The molecule has 2 aliphatic carbocycles. The molecule has 0 heteroatoms. The number of rotatable bonds is 2. The molecule has 78 valence electrons. The summed E-state index contributed by atoms with van der Waals surface area (Å²) in [6, 6.07) is 0. The molecule has 0 unspecified atom stereocenters. The fourth-order valence-corrected chi connectivity index (χ4v) is 2.26. The Balaban J connectivity index is 1.95. The highest BCUT2D eigenvalue weighted by molar-refractivity contribution is 5.56. The first-order chi connectivity index (χ1) is 7.09. The Morgan fingerprint density at radius 3 is 1.13 bits per heavy atom. The van der Waals surface area contributed by atoms with E-state index in [4.69, 9.17) is 0 Å². The fraction of sp³-hybridized carbons (Fsp3) is 0.333. The van der Waals surface area contributed by atoms with Crippen molar-refractivity contribution in [1.82, 2.24) is 0 Å². The van der Waals surface area contributed by atoms with Gasteiger partial charge in [-0.15, -0.1) is 0 Å². The van der Waals surface area contributed by atoms with Crippen LogP contribution in [-0.2, 0) is 0 Å². The van der Waals surface area contributed by atoms with Gasteiger partial charge in [-0.3, -0.25) is 0 Å². The Bertz CT molecular complexity index is 166. The van der Waals surface area contributed by atoms with Crippen LogP contribution in [0.2, 0.25) is 0 Å². The summed E-state index contributed by atoms with van der Waals surface area (Å²) >= 11 is 0. The van der Waals surface area contributed by atoms with Gasteiger partial charge < -0.3 is 0 Å². The van der Waals surface area contributed by atoms with Gasteiger partial charge >= 0.3 is 0 Å². The first kappa shape index (κ1) is 11.5. The van der Waals surface area contributed by atoms with E-state index >= 15 is 0 Å². The molecule has 0 bridgehead atoms. The monoisotopic (exact) mass is 198 g/mol. The fourth-order valence-electron chi connectivity index (χ4n) is 2.26. The molecule has 0 nitrogen and oxygen atoms in total. The Morgan fingerprint density at radius 1 is 0.600 bits per heavy atom. The highest BCUT2D eigenvalue weighted by Crippen LogP contribution is 2.50. The van der Waals surface area contributed by atoms with Gasteiger partial charge in [0, 0.05) is 0 Å². The van der Waals surface area contributed by atoms with Crippen molar-refractivity contribution in [3.8, 4) is 0 Å². The molecule has 15 heavy (non-hydrogen) atoms. The van der Waals surface area contributed by atoms with Gasteiger partial charge in [0.2, 0.25) is 0 Å². The van der Waals surface area contributed by atoms with E-state index in [1.807, 2.05) is 0 Å². The molecule has 2 aliphatic rings. The molecular formula is C15H18. The van der Waals surface area contributed by atoms with Crippen molar-refractivity contribution < 1.29 is 0 Å². The van der Waals surface area contributed by atoms with Gasteiger partial charge in [0.1, 0.15) is 0 Å². The molecule has 2 fully saturated rings. The third-order valence-electron chi connectivity index (χ3n) is 3.42. The van der Waals surface area contributed by atoms with Crippen molar-refractivity contribution >= 4 is 0 Å². The van der Waals surface area contributed by atoms with Crippen LogP contribution in [0, 0.1) is 61.2 Å². The van der Waals surface area contributed by atoms with E-state index in [1.165, 1.54) is 35.5 Å². The number of hydrogen-bond acceptors (Lipinski definition) is 0. The normalized spacial score (nSPS) is 29.6. The zero-order chi connectivity index (χ0) is 11.0. The van der Waals surface area contributed by atoms with Crippen LogP contribution in [0.25, 0.3) is 0 Å². The van der Waals surface area contributed by atoms with Crippen LogP contribution >= 0.6 is 0 Å². The van der Waals surface area contributed by atoms with Crippen molar-refractivity contribution in [2.24, 2.45) is 0 Å². The average molecular weight is 198 g/mol. The predicted octanol–water partition coefficient (Wildman–Crippen LogP) is 3.75. The summed E-state index contributed by atoms with van der Waals surface area (Å²) in [4.78, 5) is 0. The molecule has 2 saturated carbocycles. The minimum Gasteiger partial charge on any atom is -0.0582 e. The highest BCUT2D eigenvalue weighted by Gasteiger charge is 2.39. The maximum atomic E-state index is 2.22. The molecule has 0 aromatic heterocycles. The van der Waals surface area contributed by atoms with E-state index in [0.29, 0.717) is 0 Å². The summed E-state index contributed by atoms with van der Waals surface area (Å²) in [6.07, 6.45) is 9.97.